The summed E-state index contributed by atoms with van der Waals surface area (Å²) in [7, 11) is 0. The van der Waals surface area contributed by atoms with Crippen LogP contribution in [0.4, 0.5) is 0 Å². The van der Waals surface area contributed by atoms with Gasteiger partial charge in [-0.25, -0.2) is 0 Å². The van der Waals surface area contributed by atoms with E-state index in [-0.39, 0.29) is 10.8 Å². The van der Waals surface area contributed by atoms with E-state index < -0.39 is 0 Å². The third-order valence-electron chi connectivity index (χ3n) is 5.85. The smallest absolute Gasteiger partial charge is 0.0189 e. The second-order valence-corrected chi connectivity index (χ2v) is 7.44. The average molecular weight is 312 g/mol. The summed E-state index contributed by atoms with van der Waals surface area (Å²) in [6.07, 6.45) is 11.5. The van der Waals surface area contributed by atoms with Gasteiger partial charge in [0, 0.05) is 10.8 Å². The fraction of sp³-hybridized carbons (Fsp3) is 0.250. The van der Waals surface area contributed by atoms with E-state index in [1.54, 1.807) is 0 Å². The van der Waals surface area contributed by atoms with Crippen molar-refractivity contribution >= 4 is 0 Å². The Bertz CT molecular complexity index is 753. The van der Waals surface area contributed by atoms with E-state index in [0.29, 0.717) is 0 Å². The lowest BCUT2D eigenvalue weighted by Gasteiger charge is -2.33. The normalized spacial score (nSPS) is 28.8. The van der Waals surface area contributed by atoms with Crippen molar-refractivity contribution in [2.24, 2.45) is 0 Å². The van der Waals surface area contributed by atoms with E-state index >= 15 is 0 Å². The van der Waals surface area contributed by atoms with E-state index in [0.717, 1.165) is 12.8 Å². The van der Waals surface area contributed by atoms with Gasteiger partial charge in [0.05, 0.1) is 0 Å². The lowest BCUT2D eigenvalue weighted by atomic mass is 9.70. The minimum absolute atomic E-state index is 0.0480. The number of hydrogen-bond donors (Lipinski definition) is 0. The first-order chi connectivity index (χ1) is 11.6. The van der Waals surface area contributed by atoms with Gasteiger partial charge in [0.15, 0.2) is 0 Å². The lowest BCUT2D eigenvalue weighted by molar-refractivity contribution is 0.441. The summed E-state index contributed by atoms with van der Waals surface area (Å²) >= 11 is 0. The first-order valence-corrected chi connectivity index (χ1v) is 8.84. The maximum atomic E-state index is 2.41. The molecule has 0 saturated carbocycles. The van der Waals surface area contributed by atoms with Crippen LogP contribution >= 0.6 is 0 Å². The Labute approximate surface area is 145 Å². The molecule has 0 aliphatic heterocycles. The molecule has 2 aliphatic carbocycles. The molecule has 2 aliphatic rings. The third-order valence-corrected chi connectivity index (χ3v) is 5.85. The van der Waals surface area contributed by atoms with Crippen molar-refractivity contribution in [3.8, 4) is 0 Å². The molecule has 2 unspecified atom stereocenters. The van der Waals surface area contributed by atoms with Gasteiger partial charge < -0.3 is 0 Å². The van der Waals surface area contributed by atoms with E-state index in [2.05, 4.69) is 98.8 Å². The van der Waals surface area contributed by atoms with Crippen LogP contribution < -0.4 is 0 Å². The molecule has 0 saturated heterocycles. The van der Waals surface area contributed by atoms with Gasteiger partial charge in [0.25, 0.3) is 0 Å². The van der Waals surface area contributed by atoms with Gasteiger partial charge in [-0.05, 0) is 35.1 Å². The van der Waals surface area contributed by atoms with Crippen LogP contribution in [0.15, 0.2) is 96.1 Å². The molecule has 24 heavy (non-hydrogen) atoms. The standard InChI is InChI=1S/C24H24/c1-23(19-12-6-3-7-13-19)18-24(2,20-14-8-4-9-15-20)22-17-11-5-10-16-21(22)23/h3-4,6-17H,5,18H2,1-2H3. The second kappa shape index (κ2) is 5.63. The zero-order chi connectivity index (χ0) is 16.6. The van der Waals surface area contributed by atoms with Crippen molar-refractivity contribution in [1.29, 1.82) is 0 Å². The summed E-state index contributed by atoms with van der Waals surface area (Å²) in [6.45, 7) is 4.82. The van der Waals surface area contributed by atoms with Crippen LogP contribution in [0.25, 0.3) is 0 Å². The highest BCUT2D eigenvalue weighted by Gasteiger charge is 2.49. The number of rotatable bonds is 2. The molecule has 2 aromatic carbocycles. The van der Waals surface area contributed by atoms with Crippen molar-refractivity contribution in [2.45, 2.75) is 37.5 Å². The largest absolute Gasteiger partial charge is 0.0804 e. The number of allylic oxidation sites excluding steroid dienone is 6. The Balaban J connectivity index is 1.94. The molecule has 0 nitrogen and oxygen atoms in total. The zero-order valence-corrected chi connectivity index (χ0v) is 14.5. The summed E-state index contributed by atoms with van der Waals surface area (Å²) < 4.78 is 0. The van der Waals surface area contributed by atoms with Gasteiger partial charge >= 0.3 is 0 Å². The Hall–Kier alpha value is -2.34. The number of benzene rings is 2. The second-order valence-electron chi connectivity index (χ2n) is 7.44. The summed E-state index contributed by atoms with van der Waals surface area (Å²) in [5.74, 6) is 0. The van der Waals surface area contributed by atoms with Crippen LogP contribution in [0, 0.1) is 0 Å². The van der Waals surface area contributed by atoms with Crippen molar-refractivity contribution < 1.29 is 0 Å². The van der Waals surface area contributed by atoms with Crippen LogP contribution in [0.1, 0.15) is 37.8 Å². The molecule has 0 heterocycles. The first-order valence-electron chi connectivity index (χ1n) is 8.84. The molecular weight excluding hydrogens is 288 g/mol. The molecule has 0 fully saturated rings. The van der Waals surface area contributed by atoms with Crippen LogP contribution in [-0.2, 0) is 10.8 Å². The van der Waals surface area contributed by atoms with Gasteiger partial charge in [-0.15, -0.1) is 0 Å². The highest BCUT2D eigenvalue weighted by molar-refractivity contribution is 5.59. The monoisotopic (exact) mass is 312 g/mol. The molecule has 0 heteroatoms. The zero-order valence-electron chi connectivity index (χ0n) is 14.5. The van der Waals surface area contributed by atoms with E-state index in [4.69, 9.17) is 0 Å². The van der Waals surface area contributed by atoms with Crippen LogP contribution in [0.5, 0.6) is 0 Å². The van der Waals surface area contributed by atoms with Crippen molar-refractivity contribution in [3.05, 3.63) is 107 Å². The van der Waals surface area contributed by atoms with Crippen molar-refractivity contribution in [3.63, 3.8) is 0 Å². The van der Waals surface area contributed by atoms with E-state index in [9.17, 15) is 0 Å². The third kappa shape index (κ3) is 2.21. The van der Waals surface area contributed by atoms with Gasteiger partial charge in [0.1, 0.15) is 0 Å². The SMILES string of the molecule is CC1(c2ccccc2)CC(C)(c2ccccc2)C2=C1C=CCC=C2. The number of hydrogen-bond acceptors (Lipinski definition) is 0. The lowest BCUT2D eigenvalue weighted by Crippen LogP contribution is -2.27. The molecule has 0 aromatic heterocycles. The van der Waals surface area contributed by atoms with Gasteiger partial charge in [0.2, 0.25) is 0 Å². The Kier molecular flexibility index (Phi) is 3.57. The predicted octanol–water partition coefficient (Wildman–Crippen LogP) is 6.12. The Morgan fingerprint density at radius 1 is 0.625 bits per heavy atom. The molecule has 0 N–H and O–H groups in total. The summed E-state index contributed by atoms with van der Waals surface area (Å²) in [5, 5.41) is 0. The summed E-state index contributed by atoms with van der Waals surface area (Å²) in [4.78, 5) is 0. The van der Waals surface area contributed by atoms with Gasteiger partial charge in [-0.2, -0.15) is 0 Å². The van der Waals surface area contributed by atoms with Gasteiger partial charge in [-0.1, -0.05) is 98.8 Å². The molecular formula is C24H24. The predicted molar refractivity (Wildman–Crippen MR) is 102 cm³/mol. The maximum absolute atomic E-state index is 2.41. The van der Waals surface area contributed by atoms with E-state index in [1.807, 2.05) is 0 Å². The molecule has 120 valence electrons. The first kappa shape index (κ1) is 15.2. The molecule has 0 spiro atoms. The Morgan fingerprint density at radius 2 is 1.04 bits per heavy atom. The van der Waals surface area contributed by atoms with Gasteiger partial charge in [-0.3, -0.25) is 0 Å². The molecule has 0 amide bonds. The van der Waals surface area contributed by atoms with Crippen LogP contribution in [-0.4, -0.2) is 0 Å². The van der Waals surface area contributed by atoms with Crippen LogP contribution in [0.2, 0.25) is 0 Å². The van der Waals surface area contributed by atoms with Crippen LogP contribution in [0.3, 0.4) is 0 Å². The quantitative estimate of drug-likeness (QED) is 0.627. The molecule has 0 radical (unpaired) electrons. The maximum Gasteiger partial charge on any atom is 0.0189 e. The minimum atomic E-state index is 0.0480. The average Bonchev–Trinajstić information content (AvgIpc) is 2.80. The molecule has 2 atom stereocenters. The van der Waals surface area contributed by atoms with Crippen molar-refractivity contribution in [2.75, 3.05) is 0 Å². The minimum Gasteiger partial charge on any atom is -0.0804 e. The fourth-order valence-corrected chi connectivity index (χ4v) is 4.62. The molecule has 4 rings (SSSR count). The summed E-state index contributed by atoms with van der Waals surface area (Å²) in [6, 6.07) is 22.0. The molecule has 2 aromatic rings. The highest BCUT2D eigenvalue weighted by atomic mass is 14.5. The molecule has 0 bridgehead atoms. The topological polar surface area (TPSA) is 0 Å². The summed E-state index contributed by atoms with van der Waals surface area (Å²) in [5.41, 5.74) is 5.88. The van der Waals surface area contributed by atoms with Crippen molar-refractivity contribution in [1.82, 2.24) is 0 Å². The van der Waals surface area contributed by atoms with E-state index in [1.165, 1.54) is 22.3 Å². The fourth-order valence-electron chi connectivity index (χ4n) is 4.62. The Morgan fingerprint density at radius 3 is 1.46 bits per heavy atom. The highest BCUT2D eigenvalue weighted by Crippen LogP contribution is 2.56.